The van der Waals surface area contributed by atoms with Gasteiger partial charge in [0.1, 0.15) is 0 Å². The predicted molar refractivity (Wildman–Crippen MR) is 62.8 cm³/mol. The lowest BCUT2D eigenvalue weighted by Crippen LogP contribution is -2.49. The van der Waals surface area contributed by atoms with Crippen molar-refractivity contribution >= 4 is 5.91 Å². The number of primary amides is 1. The molecule has 0 heterocycles. The molecule has 1 saturated carbocycles. The van der Waals surface area contributed by atoms with E-state index in [0.717, 1.165) is 12.5 Å². The second-order valence-corrected chi connectivity index (χ2v) is 4.57. The summed E-state index contributed by atoms with van der Waals surface area (Å²) < 4.78 is 5.07. The first-order valence-corrected chi connectivity index (χ1v) is 5.84. The SMILES string of the molecule is COCCN(CC(N)C(N)=O)C(C)C1CC1. The fourth-order valence-electron chi connectivity index (χ4n) is 1.89. The molecule has 1 aliphatic carbocycles. The third-order valence-corrected chi connectivity index (χ3v) is 3.26. The Balaban J connectivity index is 2.44. The van der Waals surface area contributed by atoms with Crippen LogP contribution in [0, 0.1) is 5.92 Å². The smallest absolute Gasteiger partial charge is 0.235 e. The summed E-state index contributed by atoms with van der Waals surface area (Å²) in [5.74, 6) is 0.308. The lowest BCUT2D eigenvalue weighted by molar-refractivity contribution is -0.119. The average Bonchev–Trinajstić information content (AvgIpc) is 3.06. The van der Waals surface area contributed by atoms with Crippen molar-refractivity contribution in [2.45, 2.75) is 31.8 Å². The van der Waals surface area contributed by atoms with Crippen LogP contribution in [0.15, 0.2) is 0 Å². The summed E-state index contributed by atoms with van der Waals surface area (Å²) in [6, 6.07) is -0.126. The summed E-state index contributed by atoms with van der Waals surface area (Å²) in [6.45, 7) is 4.16. The summed E-state index contributed by atoms with van der Waals surface area (Å²) >= 11 is 0. The molecule has 0 aromatic heterocycles. The van der Waals surface area contributed by atoms with Crippen molar-refractivity contribution in [1.82, 2.24) is 4.90 Å². The normalized spacial score (nSPS) is 19.8. The molecule has 1 aliphatic rings. The molecule has 0 bridgehead atoms. The van der Waals surface area contributed by atoms with Crippen molar-refractivity contribution in [1.29, 1.82) is 0 Å². The van der Waals surface area contributed by atoms with E-state index < -0.39 is 11.9 Å². The molecule has 0 radical (unpaired) electrons. The van der Waals surface area contributed by atoms with Crippen LogP contribution in [0.3, 0.4) is 0 Å². The molecule has 0 saturated heterocycles. The van der Waals surface area contributed by atoms with Gasteiger partial charge in [-0.25, -0.2) is 0 Å². The van der Waals surface area contributed by atoms with E-state index in [1.54, 1.807) is 7.11 Å². The number of hydrogen-bond acceptors (Lipinski definition) is 4. The number of carbonyl (C=O) groups excluding carboxylic acids is 1. The highest BCUT2D eigenvalue weighted by Crippen LogP contribution is 2.35. The second-order valence-electron chi connectivity index (χ2n) is 4.57. The maximum atomic E-state index is 11.0. The Morgan fingerprint density at radius 2 is 2.19 bits per heavy atom. The van der Waals surface area contributed by atoms with Crippen molar-refractivity contribution < 1.29 is 9.53 Å². The maximum absolute atomic E-state index is 11.0. The molecule has 0 aliphatic heterocycles. The molecule has 0 spiro atoms. The number of rotatable bonds is 8. The molecule has 94 valence electrons. The zero-order valence-electron chi connectivity index (χ0n) is 10.2. The van der Waals surface area contributed by atoms with Crippen molar-refractivity contribution in [3.63, 3.8) is 0 Å². The van der Waals surface area contributed by atoms with Gasteiger partial charge in [0.15, 0.2) is 0 Å². The predicted octanol–water partition coefficient (Wildman–Crippen LogP) is -0.454. The molecule has 1 amide bonds. The average molecular weight is 229 g/mol. The van der Waals surface area contributed by atoms with Crippen molar-refractivity contribution in [3.05, 3.63) is 0 Å². The number of ether oxygens (including phenoxy) is 1. The fraction of sp³-hybridized carbons (Fsp3) is 0.909. The monoisotopic (exact) mass is 229 g/mol. The number of hydrogen-bond donors (Lipinski definition) is 2. The van der Waals surface area contributed by atoms with Crippen molar-refractivity contribution in [2.24, 2.45) is 17.4 Å². The van der Waals surface area contributed by atoms with E-state index >= 15 is 0 Å². The van der Waals surface area contributed by atoms with Gasteiger partial charge in [0, 0.05) is 26.2 Å². The van der Waals surface area contributed by atoms with Gasteiger partial charge in [0.05, 0.1) is 12.6 Å². The van der Waals surface area contributed by atoms with E-state index in [4.69, 9.17) is 16.2 Å². The van der Waals surface area contributed by atoms with Gasteiger partial charge < -0.3 is 16.2 Å². The van der Waals surface area contributed by atoms with E-state index in [1.807, 2.05) is 0 Å². The van der Waals surface area contributed by atoms with E-state index in [-0.39, 0.29) is 0 Å². The minimum atomic E-state index is -0.585. The zero-order chi connectivity index (χ0) is 12.1. The zero-order valence-corrected chi connectivity index (χ0v) is 10.2. The lowest BCUT2D eigenvalue weighted by Gasteiger charge is -2.30. The summed E-state index contributed by atoms with van der Waals surface area (Å²) in [7, 11) is 1.67. The Hall–Kier alpha value is -0.650. The minimum absolute atomic E-state index is 0.439. The first-order valence-electron chi connectivity index (χ1n) is 5.84. The van der Waals surface area contributed by atoms with Crippen LogP contribution in [0.2, 0.25) is 0 Å². The molecule has 1 rings (SSSR count). The first kappa shape index (κ1) is 13.4. The highest BCUT2D eigenvalue weighted by Gasteiger charge is 2.32. The maximum Gasteiger partial charge on any atom is 0.235 e. The molecule has 5 heteroatoms. The van der Waals surface area contributed by atoms with E-state index in [9.17, 15) is 4.79 Å². The van der Waals surface area contributed by atoms with Gasteiger partial charge in [-0.05, 0) is 25.7 Å². The number of methoxy groups -OCH3 is 1. The van der Waals surface area contributed by atoms with Crippen molar-refractivity contribution in [2.75, 3.05) is 26.8 Å². The number of nitrogens with zero attached hydrogens (tertiary/aromatic N) is 1. The van der Waals surface area contributed by atoms with Gasteiger partial charge in [-0.15, -0.1) is 0 Å². The van der Waals surface area contributed by atoms with E-state index in [2.05, 4.69) is 11.8 Å². The third-order valence-electron chi connectivity index (χ3n) is 3.26. The molecule has 0 aromatic rings. The van der Waals surface area contributed by atoms with Gasteiger partial charge >= 0.3 is 0 Å². The Labute approximate surface area is 97.1 Å². The van der Waals surface area contributed by atoms with Crippen LogP contribution in [-0.4, -0.2) is 49.7 Å². The highest BCUT2D eigenvalue weighted by atomic mass is 16.5. The molecule has 4 N–H and O–H groups in total. The van der Waals surface area contributed by atoms with E-state index in [1.165, 1.54) is 12.8 Å². The van der Waals surface area contributed by atoms with Crippen LogP contribution >= 0.6 is 0 Å². The molecule has 1 fully saturated rings. The topological polar surface area (TPSA) is 81.6 Å². The highest BCUT2D eigenvalue weighted by molar-refractivity contribution is 5.79. The minimum Gasteiger partial charge on any atom is -0.383 e. The summed E-state index contributed by atoms with van der Waals surface area (Å²) in [6.07, 6.45) is 2.55. The Kier molecular flexibility index (Phi) is 5.18. The van der Waals surface area contributed by atoms with Gasteiger partial charge in [0.25, 0.3) is 0 Å². The molecular weight excluding hydrogens is 206 g/mol. The molecule has 5 nitrogen and oxygen atoms in total. The lowest BCUT2D eigenvalue weighted by atomic mass is 10.1. The van der Waals surface area contributed by atoms with Gasteiger partial charge in [-0.3, -0.25) is 9.69 Å². The van der Waals surface area contributed by atoms with Gasteiger partial charge in [-0.1, -0.05) is 0 Å². The molecule has 0 aromatic carbocycles. The number of carbonyl (C=O) groups is 1. The summed E-state index contributed by atoms with van der Waals surface area (Å²) in [4.78, 5) is 13.2. The fourth-order valence-corrected chi connectivity index (χ4v) is 1.89. The number of nitrogens with two attached hydrogens (primary N) is 2. The van der Waals surface area contributed by atoms with Crippen LogP contribution < -0.4 is 11.5 Å². The third kappa shape index (κ3) is 4.08. The second kappa shape index (κ2) is 6.18. The number of amides is 1. The molecule has 2 atom stereocenters. The molecular formula is C11H23N3O2. The van der Waals surface area contributed by atoms with Gasteiger partial charge in [-0.2, -0.15) is 0 Å². The largest absolute Gasteiger partial charge is 0.383 e. The molecule has 16 heavy (non-hydrogen) atoms. The Morgan fingerprint density at radius 1 is 1.56 bits per heavy atom. The van der Waals surface area contributed by atoms with Crippen LogP contribution in [0.25, 0.3) is 0 Å². The van der Waals surface area contributed by atoms with Crippen molar-refractivity contribution in [3.8, 4) is 0 Å². The quantitative estimate of drug-likeness (QED) is 0.590. The Bertz CT molecular complexity index is 231. The van der Waals surface area contributed by atoms with Crippen LogP contribution in [0.4, 0.5) is 0 Å². The van der Waals surface area contributed by atoms with Crippen LogP contribution in [0.5, 0.6) is 0 Å². The standard InChI is InChI=1S/C11H23N3O2/c1-8(9-3-4-9)14(5-6-16-2)7-10(12)11(13)15/h8-10H,3-7,12H2,1-2H3,(H2,13,15). The van der Waals surface area contributed by atoms with Crippen LogP contribution in [0.1, 0.15) is 19.8 Å². The van der Waals surface area contributed by atoms with Gasteiger partial charge in [0.2, 0.25) is 5.91 Å². The molecule has 2 unspecified atom stereocenters. The Morgan fingerprint density at radius 3 is 2.62 bits per heavy atom. The van der Waals surface area contributed by atoms with Crippen LogP contribution in [-0.2, 0) is 9.53 Å². The van der Waals surface area contributed by atoms with E-state index in [0.29, 0.717) is 19.2 Å². The summed E-state index contributed by atoms with van der Waals surface area (Å²) in [5.41, 5.74) is 10.9. The first-order chi connectivity index (χ1) is 7.56. The summed E-state index contributed by atoms with van der Waals surface area (Å²) in [5, 5.41) is 0.